The van der Waals surface area contributed by atoms with E-state index in [1.54, 1.807) is 19.2 Å². The molecule has 0 bridgehead atoms. The topological polar surface area (TPSA) is 38.3 Å². The maximum absolute atomic E-state index is 12.0. The van der Waals surface area contributed by atoms with Gasteiger partial charge in [0.05, 0.1) is 16.7 Å². The van der Waals surface area contributed by atoms with Crippen LogP contribution >= 0.6 is 27.5 Å². The molecule has 0 atom stereocenters. The van der Waals surface area contributed by atoms with E-state index in [1.165, 1.54) is 0 Å². The van der Waals surface area contributed by atoms with Crippen molar-refractivity contribution >= 4 is 33.4 Å². The third-order valence-corrected chi connectivity index (χ3v) is 4.26. The predicted octanol–water partition coefficient (Wildman–Crippen LogP) is 3.01. The lowest BCUT2D eigenvalue weighted by Gasteiger charge is -2.34. The summed E-state index contributed by atoms with van der Waals surface area (Å²) in [6, 6.07) is 5.52. The SMILES string of the molecule is COC1CC(NC(=O)c2cccc(Br)c2Cl)C1. The normalized spacial score (nSPS) is 23.0. The van der Waals surface area contributed by atoms with Gasteiger partial charge < -0.3 is 10.1 Å². The van der Waals surface area contributed by atoms with Crippen molar-refractivity contribution in [2.45, 2.75) is 25.0 Å². The molecule has 5 heteroatoms. The summed E-state index contributed by atoms with van der Waals surface area (Å²) in [5.74, 6) is -0.129. The van der Waals surface area contributed by atoms with Gasteiger partial charge in [-0.25, -0.2) is 0 Å². The van der Waals surface area contributed by atoms with E-state index in [2.05, 4.69) is 21.2 Å². The number of rotatable bonds is 3. The van der Waals surface area contributed by atoms with E-state index < -0.39 is 0 Å². The first-order valence-corrected chi connectivity index (χ1v) is 6.56. The third kappa shape index (κ3) is 2.81. The van der Waals surface area contributed by atoms with E-state index in [-0.39, 0.29) is 18.1 Å². The van der Waals surface area contributed by atoms with Crippen molar-refractivity contribution in [3.63, 3.8) is 0 Å². The quantitative estimate of drug-likeness (QED) is 0.930. The average molecular weight is 319 g/mol. The summed E-state index contributed by atoms with van der Waals surface area (Å²) >= 11 is 9.36. The molecule has 1 aliphatic carbocycles. The molecule has 1 aromatic rings. The van der Waals surface area contributed by atoms with Gasteiger partial charge in [0.2, 0.25) is 0 Å². The van der Waals surface area contributed by atoms with Crippen LogP contribution in [-0.2, 0) is 4.74 Å². The molecule has 1 saturated carbocycles. The van der Waals surface area contributed by atoms with Crippen LogP contribution in [0.3, 0.4) is 0 Å². The Morgan fingerprint density at radius 1 is 1.53 bits per heavy atom. The van der Waals surface area contributed by atoms with E-state index in [1.807, 2.05) is 6.07 Å². The van der Waals surface area contributed by atoms with Crippen molar-refractivity contribution in [3.05, 3.63) is 33.3 Å². The highest BCUT2D eigenvalue weighted by Crippen LogP contribution is 2.27. The minimum Gasteiger partial charge on any atom is -0.381 e. The summed E-state index contributed by atoms with van der Waals surface area (Å²) < 4.78 is 5.89. The molecule has 0 unspecified atom stereocenters. The van der Waals surface area contributed by atoms with Crippen LogP contribution in [0.5, 0.6) is 0 Å². The Morgan fingerprint density at radius 2 is 2.24 bits per heavy atom. The van der Waals surface area contributed by atoms with Gasteiger partial charge in [0.15, 0.2) is 0 Å². The zero-order valence-electron chi connectivity index (χ0n) is 9.37. The predicted molar refractivity (Wildman–Crippen MR) is 70.4 cm³/mol. The van der Waals surface area contributed by atoms with Crippen LogP contribution in [0, 0.1) is 0 Å². The molecule has 0 heterocycles. The van der Waals surface area contributed by atoms with Crippen LogP contribution < -0.4 is 5.32 Å². The number of halogens is 2. The van der Waals surface area contributed by atoms with Crippen LogP contribution in [-0.4, -0.2) is 25.2 Å². The second kappa shape index (κ2) is 5.38. The molecule has 3 nitrogen and oxygen atoms in total. The molecule has 1 N–H and O–H groups in total. The van der Waals surface area contributed by atoms with Gasteiger partial charge in [0.25, 0.3) is 5.91 Å². The van der Waals surface area contributed by atoms with Crippen molar-refractivity contribution in [1.29, 1.82) is 0 Å². The molecular formula is C12H13BrClNO2. The second-order valence-electron chi connectivity index (χ2n) is 4.10. The van der Waals surface area contributed by atoms with Crippen molar-refractivity contribution in [2.75, 3.05) is 7.11 Å². The lowest BCUT2D eigenvalue weighted by molar-refractivity contribution is 0.0176. The summed E-state index contributed by atoms with van der Waals surface area (Å²) in [6.45, 7) is 0. The van der Waals surface area contributed by atoms with Crippen LogP contribution in [0.15, 0.2) is 22.7 Å². The van der Waals surface area contributed by atoms with E-state index in [9.17, 15) is 4.79 Å². The number of carbonyl (C=O) groups is 1. The lowest BCUT2D eigenvalue weighted by atomic mass is 9.89. The number of hydrogen-bond acceptors (Lipinski definition) is 2. The molecule has 92 valence electrons. The third-order valence-electron chi connectivity index (χ3n) is 2.96. The van der Waals surface area contributed by atoms with E-state index in [0.29, 0.717) is 10.6 Å². The number of methoxy groups -OCH3 is 1. The molecule has 0 spiro atoms. The minimum atomic E-state index is -0.129. The maximum Gasteiger partial charge on any atom is 0.253 e. The van der Waals surface area contributed by atoms with E-state index in [0.717, 1.165) is 17.3 Å². The first-order chi connectivity index (χ1) is 8.11. The fourth-order valence-corrected chi connectivity index (χ4v) is 2.40. The Kier molecular flexibility index (Phi) is 4.07. The summed E-state index contributed by atoms with van der Waals surface area (Å²) in [4.78, 5) is 12.0. The number of hydrogen-bond donors (Lipinski definition) is 1. The largest absolute Gasteiger partial charge is 0.381 e. The van der Waals surface area contributed by atoms with Gasteiger partial charge in [-0.15, -0.1) is 0 Å². The van der Waals surface area contributed by atoms with Gasteiger partial charge in [-0.1, -0.05) is 17.7 Å². The minimum absolute atomic E-state index is 0.129. The van der Waals surface area contributed by atoms with Gasteiger partial charge in [-0.2, -0.15) is 0 Å². The van der Waals surface area contributed by atoms with Crippen LogP contribution in [0.2, 0.25) is 5.02 Å². The second-order valence-corrected chi connectivity index (χ2v) is 5.33. The average Bonchev–Trinajstić information content (AvgIpc) is 2.26. The standard InChI is InChI=1S/C12H13BrClNO2/c1-17-8-5-7(6-8)15-12(16)9-3-2-4-10(13)11(9)14/h2-4,7-8H,5-6H2,1H3,(H,15,16). The highest BCUT2D eigenvalue weighted by atomic mass is 79.9. The zero-order valence-corrected chi connectivity index (χ0v) is 11.7. The molecule has 2 rings (SSSR count). The number of benzene rings is 1. The van der Waals surface area contributed by atoms with Gasteiger partial charge >= 0.3 is 0 Å². The van der Waals surface area contributed by atoms with Gasteiger partial charge in [0, 0.05) is 17.6 Å². The van der Waals surface area contributed by atoms with Crippen molar-refractivity contribution in [1.82, 2.24) is 5.32 Å². The zero-order chi connectivity index (χ0) is 12.4. The Morgan fingerprint density at radius 3 is 2.88 bits per heavy atom. The Balaban J connectivity index is 1.99. The molecular weight excluding hydrogens is 305 g/mol. The molecule has 1 fully saturated rings. The Bertz CT molecular complexity index is 433. The van der Waals surface area contributed by atoms with Crippen LogP contribution in [0.25, 0.3) is 0 Å². The van der Waals surface area contributed by atoms with Crippen molar-refractivity contribution in [3.8, 4) is 0 Å². The summed E-state index contributed by atoms with van der Waals surface area (Å²) in [5, 5.41) is 3.39. The Hall–Kier alpha value is -0.580. The fourth-order valence-electron chi connectivity index (χ4n) is 1.82. The molecule has 1 aliphatic rings. The fraction of sp³-hybridized carbons (Fsp3) is 0.417. The smallest absolute Gasteiger partial charge is 0.253 e. The highest BCUT2D eigenvalue weighted by Gasteiger charge is 2.30. The summed E-state index contributed by atoms with van der Waals surface area (Å²) in [7, 11) is 1.69. The Labute approximate surface area is 114 Å². The van der Waals surface area contributed by atoms with Crippen LogP contribution in [0.1, 0.15) is 23.2 Å². The number of carbonyl (C=O) groups excluding carboxylic acids is 1. The first kappa shape index (κ1) is 12.9. The van der Waals surface area contributed by atoms with Gasteiger partial charge in [-0.3, -0.25) is 4.79 Å². The molecule has 0 aliphatic heterocycles. The van der Waals surface area contributed by atoms with Crippen LogP contribution in [0.4, 0.5) is 0 Å². The maximum atomic E-state index is 12.0. The molecule has 0 saturated heterocycles. The monoisotopic (exact) mass is 317 g/mol. The molecule has 1 amide bonds. The molecule has 0 radical (unpaired) electrons. The van der Waals surface area contributed by atoms with Gasteiger partial charge in [0.1, 0.15) is 0 Å². The summed E-state index contributed by atoms with van der Waals surface area (Å²) in [6.07, 6.45) is 2.01. The number of ether oxygens (including phenoxy) is 1. The highest BCUT2D eigenvalue weighted by molar-refractivity contribution is 9.10. The molecule has 17 heavy (non-hydrogen) atoms. The number of amides is 1. The summed E-state index contributed by atoms with van der Waals surface area (Å²) in [5.41, 5.74) is 0.502. The first-order valence-electron chi connectivity index (χ1n) is 5.39. The van der Waals surface area contributed by atoms with Gasteiger partial charge in [-0.05, 0) is 40.9 Å². The van der Waals surface area contributed by atoms with Crippen molar-refractivity contribution in [2.24, 2.45) is 0 Å². The van der Waals surface area contributed by atoms with Crippen molar-refractivity contribution < 1.29 is 9.53 Å². The van der Waals surface area contributed by atoms with E-state index >= 15 is 0 Å². The van der Waals surface area contributed by atoms with E-state index in [4.69, 9.17) is 16.3 Å². The number of nitrogens with one attached hydrogen (secondary N) is 1. The molecule has 1 aromatic carbocycles. The molecule has 0 aromatic heterocycles. The lowest BCUT2D eigenvalue weighted by Crippen LogP contribution is -2.47.